The summed E-state index contributed by atoms with van der Waals surface area (Å²) >= 11 is 0. The largest absolute Gasteiger partial charge is 0.494 e. The maximum absolute atomic E-state index is 12.2. The lowest BCUT2D eigenvalue weighted by Gasteiger charge is -2.16. The molecule has 0 fully saturated rings. The number of pyridine rings is 1. The van der Waals surface area contributed by atoms with Gasteiger partial charge in [0.05, 0.1) is 6.61 Å². The van der Waals surface area contributed by atoms with E-state index in [2.05, 4.69) is 10.3 Å². The highest BCUT2D eigenvalue weighted by Gasteiger charge is 2.09. The van der Waals surface area contributed by atoms with Crippen molar-refractivity contribution in [3.63, 3.8) is 0 Å². The van der Waals surface area contributed by atoms with E-state index in [1.165, 1.54) is 0 Å². The van der Waals surface area contributed by atoms with Crippen LogP contribution < -0.4 is 15.0 Å². The van der Waals surface area contributed by atoms with Crippen LogP contribution in [0.25, 0.3) is 0 Å². The quantitative estimate of drug-likeness (QED) is 0.810. The van der Waals surface area contributed by atoms with Gasteiger partial charge in [0.1, 0.15) is 11.6 Å². The fourth-order valence-electron chi connectivity index (χ4n) is 2.51. The van der Waals surface area contributed by atoms with Crippen molar-refractivity contribution in [3.8, 4) is 5.75 Å². The summed E-state index contributed by atoms with van der Waals surface area (Å²) < 4.78 is 5.60. The number of para-hydroxylation sites is 1. The third-order valence-electron chi connectivity index (χ3n) is 3.66. The molecule has 1 amide bonds. The Balaban J connectivity index is 1.89. The van der Waals surface area contributed by atoms with Crippen LogP contribution >= 0.6 is 0 Å². The third kappa shape index (κ3) is 4.98. The molecule has 1 N–H and O–H groups in total. The average Bonchev–Trinajstić information content (AvgIpc) is 2.59. The van der Waals surface area contributed by atoms with Crippen LogP contribution in [0.4, 0.5) is 5.82 Å². The van der Waals surface area contributed by atoms with Crippen molar-refractivity contribution < 1.29 is 9.53 Å². The molecule has 0 radical (unpaired) electrons. The Morgan fingerprint density at radius 1 is 1.17 bits per heavy atom. The van der Waals surface area contributed by atoms with Gasteiger partial charge >= 0.3 is 0 Å². The Morgan fingerprint density at radius 3 is 2.67 bits per heavy atom. The molecule has 0 aliphatic heterocycles. The van der Waals surface area contributed by atoms with Crippen molar-refractivity contribution in [2.45, 2.75) is 26.3 Å². The maximum Gasteiger partial charge on any atom is 0.220 e. The minimum atomic E-state index is 0.0230. The van der Waals surface area contributed by atoms with Gasteiger partial charge in [-0.2, -0.15) is 0 Å². The monoisotopic (exact) mass is 327 g/mol. The molecule has 2 aromatic rings. The smallest absolute Gasteiger partial charge is 0.220 e. The Bertz CT molecular complexity index is 671. The molecule has 5 nitrogen and oxygen atoms in total. The fraction of sp³-hybridized carbons (Fsp3) is 0.368. The van der Waals surface area contributed by atoms with Crippen LogP contribution in [-0.2, 0) is 17.8 Å². The van der Waals surface area contributed by atoms with Crippen LogP contribution in [0.2, 0.25) is 0 Å². The normalized spacial score (nSPS) is 10.3. The second kappa shape index (κ2) is 8.91. The third-order valence-corrected chi connectivity index (χ3v) is 3.66. The highest BCUT2D eigenvalue weighted by Crippen LogP contribution is 2.19. The van der Waals surface area contributed by atoms with Crippen LogP contribution in [-0.4, -0.2) is 31.6 Å². The van der Waals surface area contributed by atoms with Gasteiger partial charge in [-0.3, -0.25) is 4.79 Å². The van der Waals surface area contributed by atoms with Gasteiger partial charge in [-0.25, -0.2) is 4.98 Å². The molecule has 5 heteroatoms. The molecule has 2 rings (SSSR count). The summed E-state index contributed by atoms with van der Waals surface area (Å²) in [5.74, 6) is 1.75. The predicted molar refractivity (Wildman–Crippen MR) is 96.3 cm³/mol. The van der Waals surface area contributed by atoms with Crippen molar-refractivity contribution in [3.05, 3.63) is 53.7 Å². The highest BCUT2D eigenvalue weighted by atomic mass is 16.5. The number of nitrogens with one attached hydrogen (secondary N) is 1. The van der Waals surface area contributed by atoms with Crippen LogP contribution in [0.1, 0.15) is 24.5 Å². The molecule has 1 aromatic carbocycles. The zero-order valence-electron chi connectivity index (χ0n) is 14.6. The first-order chi connectivity index (χ1) is 11.6. The summed E-state index contributed by atoms with van der Waals surface area (Å²) in [4.78, 5) is 18.4. The molecule has 24 heavy (non-hydrogen) atoms. The molecule has 128 valence electrons. The van der Waals surface area contributed by atoms with Crippen molar-refractivity contribution in [1.82, 2.24) is 10.3 Å². The van der Waals surface area contributed by atoms with E-state index < -0.39 is 0 Å². The number of anilines is 1. The van der Waals surface area contributed by atoms with Gasteiger partial charge in [0.15, 0.2) is 0 Å². The molecular weight excluding hydrogens is 302 g/mol. The average molecular weight is 327 g/mol. The summed E-state index contributed by atoms with van der Waals surface area (Å²) in [5, 5.41) is 2.97. The first-order valence-corrected chi connectivity index (χ1v) is 8.20. The van der Waals surface area contributed by atoms with Crippen LogP contribution in [0.15, 0.2) is 42.6 Å². The number of carbonyl (C=O) groups excluding carboxylic acids is 1. The molecule has 0 unspecified atom stereocenters. The van der Waals surface area contributed by atoms with Gasteiger partial charge in [0, 0.05) is 38.8 Å². The molecule has 0 saturated carbocycles. The van der Waals surface area contributed by atoms with Crippen LogP contribution in [0.5, 0.6) is 5.75 Å². The first kappa shape index (κ1) is 17.8. The van der Waals surface area contributed by atoms with E-state index in [-0.39, 0.29) is 5.91 Å². The number of benzene rings is 1. The Hall–Kier alpha value is -2.56. The lowest BCUT2D eigenvalue weighted by molar-refractivity contribution is -0.121. The number of amides is 1. The summed E-state index contributed by atoms with van der Waals surface area (Å²) in [7, 11) is 3.89. The van der Waals surface area contributed by atoms with Crippen molar-refractivity contribution in [2.24, 2.45) is 0 Å². The molecule has 1 aromatic heterocycles. The van der Waals surface area contributed by atoms with E-state index in [4.69, 9.17) is 4.74 Å². The number of aromatic nitrogens is 1. The topological polar surface area (TPSA) is 54.5 Å². The van der Waals surface area contributed by atoms with E-state index in [0.29, 0.717) is 26.0 Å². The predicted octanol–water partition coefficient (Wildman–Crippen LogP) is 2.80. The molecular formula is C19H25N3O2. The molecule has 0 spiro atoms. The van der Waals surface area contributed by atoms with E-state index in [9.17, 15) is 4.79 Å². The number of aryl methyl sites for hydroxylation is 1. The van der Waals surface area contributed by atoms with Crippen molar-refractivity contribution >= 4 is 11.7 Å². The fourth-order valence-corrected chi connectivity index (χ4v) is 2.51. The van der Waals surface area contributed by atoms with Crippen LogP contribution in [0, 0.1) is 0 Å². The summed E-state index contributed by atoms with van der Waals surface area (Å²) in [6.07, 6.45) is 2.85. The number of nitrogens with zero attached hydrogens (tertiary/aromatic N) is 2. The summed E-state index contributed by atoms with van der Waals surface area (Å²) in [6.45, 7) is 3.06. The Morgan fingerprint density at radius 2 is 1.92 bits per heavy atom. The minimum absolute atomic E-state index is 0.0230. The zero-order chi connectivity index (χ0) is 17.4. The minimum Gasteiger partial charge on any atom is -0.494 e. The molecule has 0 aliphatic rings. The number of rotatable bonds is 8. The molecule has 0 bridgehead atoms. The maximum atomic E-state index is 12.2. The number of hydrogen-bond donors (Lipinski definition) is 1. The second-order valence-electron chi connectivity index (χ2n) is 5.70. The standard InChI is InChI=1S/C19H25N3O2/c1-4-24-17-10-6-5-8-15(17)11-12-18(23)21-14-16-9-7-13-20-19(16)22(2)3/h5-10,13H,4,11-12,14H2,1-3H3,(H,21,23). The SMILES string of the molecule is CCOc1ccccc1CCC(=O)NCc1cccnc1N(C)C. The Labute approximate surface area is 143 Å². The van der Waals surface area contributed by atoms with Crippen molar-refractivity contribution in [1.29, 1.82) is 0 Å². The second-order valence-corrected chi connectivity index (χ2v) is 5.70. The van der Waals surface area contributed by atoms with Gasteiger partial charge in [-0.05, 0) is 31.0 Å². The lowest BCUT2D eigenvalue weighted by atomic mass is 10.1. The van der Waals surface area contributed by atoms with E-state index in [1.807, 2.05) is 62.3 Å². The first-order valence-electron chi connectivity index (χ1n) is 8.20. The number of carbonyl (C=O) groups is 1. The van der Waals surface area contributed by atoms with Gasteiger partial charge < -0.3 is 15.0 Å². The summed E-state index contributed by atoms with van der Waals surface area (Å²) in [6, 6.07) is 11.7. The van der Waals surface area contributed by atoms with Crippen molar-refractivity contribution in [2.75, 3.05) is 25.6 Å². The van der Waals surface area contributed by atoms with E-state index in [1.54, 1.807) is 6.20 Å². The molecule has 0 atom stereocenters. The van der Waals surface area contributed by atoms with Gasteiger partial charge in [0.2, 0.25) is 5.91 Å². The Kier molecular flexibility index (Phi) is 6.61. The van der Waals surface area contributed by atoms with Gasteiger partial charge in [-0.1, -0.05) is 24.3 Å². The van der Waals surface area contributed by atoms with Crippen LogP contribution in [0.3, 0.4) is 0 Å². The lowest BCUT2D eigenvalue weighted by Crippen LogP contribution is -2.24. The molecule has 0 aliphatic carbocycles. The molecule has 0 saturated heterocycles. The van der Waals surface area contributed by atoms with Gasteiger partial charge in [0.25, 0.3) is 0 Å². The number of hydrogen-bond acceptors (Lipinski definition) is 4. The van der Waals surface area contributed by atoms with E-state index in [0.717, 1.165) is 22.7 Å². The van der Waals surface area contributed by atoms with Gasteiger partial charge in [-0.15, -0.1) is 0 Å². The van der Waals surface area contributed by atoms with E-state index >= 15 is 0 Å². The highest BCUT2D eigenvalue weighted by molar-refractivity contribution is 5.76. The molecule has 1 heterocycles. The zero-order valence-corrected chi connectivity index (χ0v) is 14.6. The summed E-state index contributed by atoms with van der Waals surface area (Å²) in [5.41, 5.74) is 2.07. The number of ether oxygens (including phenoxy) is 1.